The molecule has 1 aliphatic heterocycles. The number of nitroso groups, excluding NO2 is 1. The zero-order chi connectivity index (χ0) is 11.8. The van der Waals surface area contributed by atoms with Crippen LogP contribution in [0.15, 0.2) is 28.7 Å². The Morgan fingerprint density at radius 1 is 1.35 bits per heavy atom. The zero-order valence-electron chi connectivity index (χ0n) is 8.52. The van der Waals surface area contributed by atoms with E-state index in [0.29, 0.717) is 11.3 Å². The smallest absolute Gasteiger partial charge is 0.272 e. The average Bonchev–Trinajstić information content (AvgIpc) is 2.64. The largest absolute Gasteiger partial charge is 0.360 e. The summed E-state index contributed by atoms with van der Waals surface area (Å²) in [5, 5.41) is 7.15. The number of H-pyrrole nitrogens is 1. The minimum Gasteiger partial charge on any atom is -0.360 e. The summed E-state index contributed by atoms with van der Waals surface area (Å²) in [5.41, 5.74) is 7.12. The Balaban J connectivity index is 2.34. The van der Waals surface area contributed by atoms with Crippen LogP contribution in [0.4, 0.5) is 5.69 Å². The summed E-state index contributed by atoms with van der Waals surface area (Å²) < 4.78 is 0. The number of nitrogens with one attached hydrogen (secondary N) is 3. The van der Waals surface area contributed by atoms with Gasteiger partial charge in [0.05, 0.1) is 22.8 Å². The van der Waals surface area contributed by atoms with Gasteiger partial charge in [0, 0.05) is 22.7 Å². The molecule has 3 rings (SSSR count). The summed E-state index contributed by atoms with van der Waals surface area (Å²) in [7, 11) is 0. The molecule has 0 saturated heterocycles. The molecule has 0 fully saturated rings. The lowest BCUT2D eigenvalue weighted by molar-refractivity contribution is 0.0957. The van der Waals surface area contributed by atoms with Crippen molar-refractivity contribution >= 4 is 28.7 Å². The van der Waals surface area contributed by atoms with E-state index >= 15 is 0 Å². The Bertz CT molecular complexity index is 658. The number of carbonyl (C=O) groups excluding carboxylic acids is 1. The molecular weight excluding hydrogens is 222 g/mol. The molecule has 0 unspecified atom stereocenters. The molecule has 0 atom stereocenters. The third kappa shape index (κ3) is 1.36. The van der Waals surface area contributed by atoms with Crippen molar-refractivity contribution in [2.75, 3.05) is 5.43 Å². The summed E-state index contributed by atoms with van der Waals surface area (Å²) in [6, 6.07) is 3.27. The van der Waals surface area contributed by atoms with E-state index in [-0.39, 0.29) is 5.91 Å². The molecule has 1 aromatic heterocycles. The lowest BCUT2D eigenvalue weighted by Gasteiger charge is -2.04. The predicted octanol–water partition coefficient (Wildman–Crippen LogP) is 1.34. The van der Waals surface area contributed by atoms with Gasteiger partial charge < -0.3 is 4.98 Å². The van der Waals surface area contributed by atoms with Gasteiger partial charge in [-0.25, -0.2) is 10.9 Å². The molecule has 1 amide bonds. The molecule has 0 radical (unpaired) electrons. The number of aromatic nitrogens is 1. The van der Waals surface area contributed by atoms with Crippen LogP contribution < -0.4 is 10.9 Å². The SMILES string of the molecule is O=NNc1cc2c3c(c[nH]c3c1)C=NNC2=O. The number of aromatic amines is 1. The molecule has 84 valence electrons. The summed E-state index contributed by atoms with van der Waals surface area (Å²) in [6.07, 6.45) is 3.31. The fourth-order valence-electron chi connectivity index (χ4n) is 1.91. The molecule has 0 bridgehead atoms. The maximum absolute atomic E-state index is 11.8. The molecule has 2 aromatic rings. The van der Waals surface area contributed by atoms with Crippen molar-refractivity contribution in [3.05, 3.63) is 34.4 Å². The second-order valence-corrected chi connectivity index (χ2v) is 3.59. The Morgan fingerprint density at radius 3 is 3.06 bits per heavy atom. The normalized spacial score (nSPS) is 13.3. The summed E-state index contributed by atoms with van der Waals surface area (Å²) in [6.45, 7) is 0. The van der Waals surface area contributed by atoms with E-state index in [1.165, 1.54) is 0 Å². The Hall–Kier alpha value is -2.70. The van der Waals surface area contributed by atoms with Gasteiger partial charge in [0.1, 0.15) is 0 Å². The third-order valence-electron chi connectivity index (χ3n) is 2.60. The van der Waals surface area contributed by atoms with Crippen LogP contribution in [0.1, 0.15) is 15.9 Å². The number of hydrogen-bond acceptors (Lipinski definition) is 4. The number of nitrogens with zero attached hydrogens (tertiary/aromatic N) is 2. The fraction of sp³-hybridized carbons (Fsp3) is 0. The summed E-state index contributed by atoms with van der Waals surface area (Å²) >= 11 is 0. The number of hydrazone groups is 1. The molecular formula is C10H7N5O2. The van der Waals surface area contributed by atoms with E-state index in [0.717, 1.165) is 16.5 Å². The van der Waals surface area contributed by atoms with Crippen molar-refractivity contribution in [1.29, 1.82) is 0 Å². The standard InChI is InChI=1S/C10H7N5O2/c16-10-7-1-6(13-15-17)2-8-9(7)5(3-11-8)4-12-14-10/h1-4,11H,(H,13,17)(H,14,16). The van der Waals surface area contributed by atoms with Crippen molar-refractivity contribution < 1.29 is 4.79 Å². The van der Waals surface area contributed by atoms with Gasteiger partial charge in [0.25, 0.3) is 5.91 Å². The highest BCUT2D eigenvalue weighted by Gasteiger charge is 2.17. The van der Waals surface area contributed by atoms with E-state index < -0.39 is 0 Å². The van der Waals surface area contributed by atoms with Gasteiger partial charge in [-0.15, -0.1) is 4.91 Å². The van der Waals surface area contributed by atoms with Crippen molar-refractivity contribution in [3.63, 3.8) is 0 Å². The van der Waals surface area contributed by atoms with Crippen molar-refractivity contribution in [2.45, 2.75) is 0 Å². The van der Waals surface area contributed by atoms with Crippen LogP contribution in [0.25, 0.3) is 10.9 Å². The second kappa shape index (κ2) is 3.41. The highest BCUT2D eigenvalue weighted by atomic mass is 16.3. The number of rotatable bonds is 2. The first-order valence-electron chi connectivity index (χ1n) is 4.86. The number of anilines is 1. The van der Waals surface area contributed by atoms with Crippen LogP contribution in [0.5, 0.6) is 0 Å². The number of hydrogen-bond donors (Lipinski definition) is 3. The molecule has 1 aromatic carbocycles. The Labute approximate surface area is 94.8 Å². The minimum atomic E-state index is -0.320. The van der Waals surface area contributed by atoms with Gasteiger partial charge >= 0.3 is 0 Å². The monoisotopic (exact) mass is 229 g/mol. The summed E-state index contributed by atoms with van der Waals surface area (Å²) in [5.74, 6) is -0.320. The van der Waals surface area contributed by atoms with Crippen LogP contribution in [0.2, 0.25) is 0 Å². The van der Waals surface area contributed by atoms with Crippen LogP contribution in [0, 0.1) is 4.91 Å². The van der Waals surface area contributed by atoms with E-state index in [2.05, 4.69) is 26.2 Å². The Kier molecular flexibility index (Phi) is 1.91. The van der Waals surface area contributed by atoms with Gasteiger partial charge in [0.15, 0.2) is 0 Å². The molecule has 3 N–H and O–H groups in total. The second-order valence-electron chi connectivity index (χ2n) is 3.59. The fourth-order valence-corrected chi connectivity index (χ4v) is 1.91. The Morgan fingerprint density at radius 2 is 2.24 bits per heavy atom. The predicted molar refractivity (Wildman–Crippen MR) is 62.8 cm³/mol. The first-order chi connectivity index (χ1) is 8.29. The van der Waals surface area contributed by atoms with Crippen LogP contribution >= 0.6 is 0 Å². The van der Waals surface area contributed by atoms with E-state index in [1.54, 1.807) is 24.5 Å². The van der Waals surface area contributed by atoms with Crippen LogP contribution in [-0.2, 0) is 0 Å². The van der Waals surface area contributed by atoms with Gasteiger partial charge in [-0.1, -0.05) is 0 Å². The van der Waals surface area contributed by atoms with Gasteiger partial charge in [-0.05, 0) is 12.1 Å². The molecule has 7 heteroatoms. The van der Waals surface area contributed by atoms with Gasteiger partial charge in [-0.2, -0.15) is 5.10 Å². The quantitative estimate of drug-likeness (QED) is 0.535. The van der Waals surface area contributed by atoms with Crippen LogP contribution in [0.3, 0.4) is 0 Å². The molecule has 0 aliphatic carbocycles. The van der Waals surface area contributed by atoms with Crippen molar-refractivity contribution in [3.8, 4) is 0 Å². The highest BCUT2D eigenvalue weighted by Crippen LogP contribution is 2.27. The summed E-state index contributed by atoms with van der Waals surface area (Å²) in [4.78, 5) is 25.0. The van der Waals surface area contributed by atoms with E-state index in [9.17, 15) is 9.70 Å². The topological polar surface area (TPSA) is 98.7 Å². The first kappa shape index (κ1) is 9.52. The van der Waals surface area contributed by atoms with Crippen molar-refractivity contribution in [2.24, 2.45) is 10.4 Å². The minimum absolute atomic E-state index is 0.320. The molecule has 1 aliphatic rings. The van der Waals surface area contributed by atoms with Gasteiger partial charge in [-0.3, -0.25) is 4.79 Å². The van der Waals surface area contributed by atoms with E-state index in [1.807, 2.05) is 0 Å². The van der Waals surface area contributed by atoms with E-state index in [4.69, 9.17) is 0 Å². The van der Waals surface area contributed by atoms with Gasteiger partial charge in [0.2, 0.25) is 0 Å². The van der Waals surface area contributed by atoms with Crippen molar-refractivity contribution in [1.82, 2.24) is 10.4 Å². The molecule has 7 nitrogen and oxygen atoms in total. The molecule has 17 heavy (non-hydrogen) atoms. The maximum Gasteiger partial charge on any atom is 0.272 e. The average molecular weight is 229 g/mol. The maximum atomic E-state index is 11.8. The lowest BCUT2D eigenvalue weighted by Crippen LogP contribution is -2.16. The number of amides is 1. The first-order valence-corrected chi connectivity index (χ1v) is 4.86. The van der Waals surface area contributed by atoms with Crippen LogP contribution in [-0.4, -0.2) is 17.1 Å². The molecule has 0 spiro atoms. The molecule has 2 heterocycles. The third-order valence-corrected chi connectivity index (χ3v) is 2.60. The number of benzene rings is 1. The highest BCUT2D eigenvalue weighted by molar-refractivity contribution is 6.14. The number of carbonyl (C=O) groups is 1. The zero-order valence-corrected chi connectivity index (χ0v) is 8.52. The molecule has 0 saturated carbocycles. The lowest BCUT2D eigenvalue weighted by atomic mass is 10.1.